The molecule has 1 aromatic carbocycles. The van der Waals surface area contributed by atoms with Crippen LogP contribution in [0.5, 0.6) is 11.6 Å². The molecule has 0 aliphatic rings. The van der Waals surface area contributed by atoms with Crippen molar-refractivity contribution in [2.45, 2.75) is 32.1 Å². The number of carbonyl (C=O) groups excluding carboxylic acids is 1. The van der Waals surface area contributed by atoms with E-state index in [4.69, 9.17) is 9.47 Å². The molecule has 2 aromatic heterocycles. The molecule has 8 heteroatoms. The van der Waals surface area contributed by atoms with Crippen molar-refractivity contribution in [3.05, 3.63) is 74.0 Å². The van der Waals surface area contributed by atoms with E-state index >= 15 is 0 Å². The molecule has 0 spiro atoms. The minimum Gasteiger partial charge on any atom is -0.494 e. The van der Waals surface area contributed by atoms with E-state index in [2.05, 4.69) is 16.9 Å². The highest BCUT2D eigenvalue weighted by Crippen LogP contribution is 2.24. The van der Waals surface area contributed by atoms with Gasteiger partial charge in [0.25, 0.3) is 0 Å². The topological polar surface area (TPSA) is 102 Å². The largest absolute Gasteiger partial charge is 0.494 e. The first-order valence-corrected chi connectivity index (χ1v) is 10.4. The maximum Gasteiger partial charge on any atom is 0.307 e. The Balaban J connectivity index is 1.65. The fourth-order valence-electron chi connectivity index (χ4n) is 2.98. The van der Waals surface area contributed by atoms with Crippen LogP contribution in [0.15, 0.2) is 47.4 Å². The molecule has 0 radical (unpaired) electrons. The third-order valence-electron chi connectivity index (χ3n) is 4.75. The fraction of sp³-hybridized carbons (Fsp3) is 0.318. The van der Waals surface area contributed by atoms with E-state index in [-0.39, 0.29) is 35.7 Å². The van der Waals surface area contributed by atoms with Crippen LogP contribution >= 0.6 is 11.3 Å². The first kappa shape index (κ1) is 21.6. The highest BCUT2D eigenvalue weighted by Gasteiger charge is 2.19. The monoisotopic (exact) mass is 428 g/mol. The minimum absolute atomic E-state index is 0.0856. The van der Waals surface area contributed by atoms with E-state index in [1.54, 1.807) is 0 Å². The van der Waals surface area contributed by atoms with Gasteiger partial charge in [-0.2, -0.15) is 0 Å². The van der Waals surface area contributed by atoms with E-state index in [9.17, 15) is 14.7 Å². The number of aromatic hydroxyl groups is 1. The first-order valence-electron chi connectivity index (χ1n) is 9.62. The summed E-state index contributed by atoms with van der Waals surface area (Å²) in [5.41, 5.74) is 2.86. The fourth-order valence-corrected chi connectivity index (χ4v) is 3.74. The zero-order chi connectivity index (χ0) is 21.5. The molecule has 0 aliphatic heterocycles. The number of nitrogens with zero attached hydrogens (tertiary/aromatic N) is 1. The molecule has 2 N–H and O–H groups in total. The highest BCUT2D eigenvalue weighted by molar-refractivity contribution is 7.09. The van der Waals surface area contributed by atoms with Crippen LogP contribution in [-0.4, -0.2) is 34.8 Å². The lowest BCUT2D eigenvalue weighted by Crippen LogP contribution is -2.17. The van der Waals surface area contributed by atoms with Gasteiger partial charge in [-0.15, -0.1) is 0 Å². The molecule has 158 valence electrons. The number of hydrogen-bond acceptors (Lipinski definition) is 7. The second-order valence-electron chi connectivity index (χ2n) is 6.84. The van der Waals surface area contributed by atoms with Gasteiger partial charge in [-0.3, -0.25) is 19.6 Å². The van der Waals surface area contributed by atoms with Crippen LogP contribution in [0.2, 0.25) is 0 Å². The minimum atomic E-state index is -0.314. The number of methoxy groups -OCH3 is 1. The molecule has 0 saturated heterocycles. The lowest BCUT2D eigenvalue weighted by atomic mass is 10.0. The van der Waals surface area contributed by atoms with E-state index in [1.807, 2.05) is 42.6 Å². The van der Waals surface area contributed by atoms with E-state index < -0.39 is 0 Å². The summed E-state index contributed by atoms with van der Waals surface area (Å²) in [7, 11) is 1.37. The van der Waals surface area contributed by atoms with Gasteiger partial charge in [0.05, 0.1) is 25.0 Å². The number of aromatic nitrogens is 2. The summed E-state index contributed by atoms with van der Waals surface area (Å²) in [5, 5.41) is 9.71. The molecule has 3 rings (SSSR count). The molecule has 2 heterocycles. The maximum absolute atomic E-state index is 11.8. The van der Waals surface area contributed by atoms with E-state index in [0.717, 1.165) is 34.6 Å². The number of pyridine rings is 1. The van der Waals surface area contributed by atoms with Gasteiger partial charge in [0.1, 0.15) is 5.75 Å². The van der Waals surface area contributed by atoms with Crippen molar-refractivity contribution in [2.75, 3.05) is 13.7 Å². The number of aromatic amines is 1. The Labute approximate surface area is 178 Å². The van der Waals surface area contributed by atoms with Gasteiger partial charge < -0.3 is 14.6 Å². The molecule has 0 aliphatic carbocycles. The number of H-pyrrole nitrogens is 1. The molecule has 0 saturated carbocycles. The van der Waals surface area contributed by atoms with Gasteiger partial charge in [0.15, 0.2) is 0 Å². The lowest BCUT2D eigenvalue weighted by molar-refractivity contribution is -0.141. The quantitative estimate of drug-likeness (QED) is 0.507. The second kappa shape index (κ2) is 10.1. The highest BCUT2D eigenvalue weighted by atomic mass is 32.1. The SMILES string of the molecule is CCc1ccc(C(COc2ccc(Cc3sc(=O)[nH]c3O)cc2)CC(=O)OC)nc1. The normalized spacial score (nSPS) is 11.8. The Bertz CT molecular complexity index is 1020. The molecule has 0 amide bonds. The summed E-state index contributed by atoms with van der Waals surface area (Å²) in [6.07, 6.45) is 3.35. The summed E-state index contributed by atoms with van der Waals surface area (Å²) in [6, 6.07) is 11.3. The number of carbonyl (C=O) groups is 1. The molecular formula is C22H24N2O5S. The zero-order valence-corrected chi connectivity index (χ0v) is 17.7. The Hall–Kier alpha value is -3.13. The van der Waals surface area contributed by atoms with Crippen LogP contribution in [0.3, 0.4) is 0 Å². The van der Waals surface area contributed by atoms with Crippen molar-refractivity contribution in [1.82, 2.24) is 9.97 Å². The Morgan fingerprint density at radius 3 is 2.50 bits per heavy atom. The van der Waals surface area contributed by atoms with Crippen molar-refractivity contribution >= 4 is 17.3 Å². The average Bonchev–Trinajstić information content (AvgIpc) is 3.08. The number of nitrogens with one attached hydrogen (secondary N) is 1. The number of aryl methyl sites for hydroxylation is 1. The van der Waals surface area contributed by atoms with Crippen molar-refractivity contribution in [3.8, 4) is 11.6 Å². The van der Waals surface area contributed by atoms with Gasteiger partial charge in [-0.05, 0) is 35.7 Å². The number of esters is 1. The predicted molar refractivity (Wildman–Crippen MR) is 114 cm³/mol. The van der Waals surface area contributed by atoms with Crippen molar-refractivity contribution in [2.24, 2.45) is 0 Å². The van der Waals surface area contributed by atoms with Crippen LogP contribution < -0.4 is 9.61 Å². The Morgan fingerprint density at radius 1 is 1.20 bits per heavy atom. The summed E-state index contributed by atoms with van der Waals surface area (Å²) in [4.78, 5) is 30.3. The van der Waals surface area contributed by atoms with Crippen LogP contribution in [0.4, 0.5) is 0 Å². The molecule has 0 fully saturated rings. The molecular weight excluding hydrogens is 404 g/mol. The van der Waals surface area contributed by atoms with Crippen molar-refractivity contribution in [1.29, 1.82) is 0 Å². The summed E-state index contributed by atoms with van der Waals surface area (Å²) >= 11 is 0.992. The summed E-state index contributed by atoms with van der Waals surface area (Å²) in [5.74, 6) is 0.0329. The van der Waals surface area contributed by atoms with Gasteiger partial charge >= 0.3 is 10.8 Å². The van der Waals surface area contributed by atoms with Gasteiger partial charge in [0, 0.05) is 24.2 Å². The third-order valence-corrected chi connectivity index (χ3v) is 5.63. The number of benzene rings is 1. The first-order chi connectivity index (χ1) is 14.5. The molecule has 0 bridgehead atoms. The number of ether oxygens (including phenoxy) is 2. The van der Waals surface area contributed by atoms with Gasteiger partial charge in [-0.25, -0.2) is 0 Å². The van der Waals surface area contributed by atoms with Crippen molar-refractivity contribution < 1.29 is 19.4 Å². The number of rotatable bonds is 9. The zero-order valence-electron chi connectivity index (χ0n) is 16.9. The number of thiazole rings is 1. The summed E-state index contributed by atoms with van der Waals surface area (Å²) in [6.45, 7) is 2.35. The second-order valence-corrected chi connectivity index (χ2v) is 7.91. The van der Waals surface area contributed by atoms with Crippen LogP contribution in [0, 0.1) is 0 Å². The van der Waals surface area contributed by atoms with Gasteiger partial charge in [-0.1, -0.05) is 36.5 Å². The number of hydrogen-bond donors (Lipinski definition) is 2. The molecule has 30 heavy (non-hydrogen) atoms. The van der Waals surface area contributed by atoms with Crippen LogP contribution in [0.25, 0.3) is 0 Å². The Morgan fingerprint density at radius 2 is 1.93 bits per heavy atom. The maximum atomic E-state index is 11.8. The lowest BCUT2D eigenvalue weighted by Gasteiger charge is -2.17. The van der Waals surface area contributed by atoms with Gasteiger partial charge in [0.2, 0.25) is 5.88 Å². The predicted octanol–water partition coefficient (Wildman–Crippen LogP) is 3.42. The van der Waals surface area contributed by atoms with Crippen molar-refractivity contribution in [3.63, 3.8) is 0 Å². The summed E-state index contributed by atoms with van der Waals surface area (Å²) < 4.78 is 10.7. The van der Waals surface area contributed by atoms with E-state index in [0.29, 0.717) is 17.0 Å². The molecule has 7 nitrogen and oxygen atoms in total. The molecule has 1 unspecified atom stereocenters. The molecule has 1 atom stereocenters. The Kier molecular flexibility index (Phi) is 7.24. The average molecular weight is 429 g/mol. The van der Waals surface area contributed by atoms with Crippen LogP contribution in [0.1, 0.15) is 41.0 Å². The smallest absolute Gasteiger partial charge is 0.307 e. The standard InChI is InChI=1S/C22H24N2O5S/c1-3-14-6-9-18(23-12-14)16(11-20(25)28-2)13-29-17-7-4-15(5-8-17)10-19-21(26)24-22(27)30-19/h4-9,12,16,26H,3,10-11,13H2,1-2H3,(H,24,27). The van der Waals surface area contributed by atoms with E-state index in [1.165, 1.54) is 7.11 Å². The van der Waals surface area contributed by atoms with Crippen LogP contribution in [-0.2, 0) is 22.4 Å². The molecule has 3 aromatic rings. The third kappa shape index (κ3) is 5.70.